The highest BCUT2D eigenvalue weighted by atomic mass is 16.7. The molecule has 0 aromatic carbocycles. The van der Waals surface area contributed by atoms with E-state index in [-0.39, 0.29) is 12.8 Å². The van der Waals surface area contributed by atoms with Crippen molar-refractivity contribution in [2.45, 2.75) is 39.9 Å². The number of ether oxygens (including phenoxy) is 2. The van der Waals surface area contributed by atoms with Crippen LogP contribution < -0.4 is 0 Å². The second-order valence-electron chi connectivity index (χ2n) is 3.17. The van der Waals surface area contributed by atoms with Crippen LogP contribution in [0.25, 0.3) is 0 Å². The first kappa shape index (κ1) is 14.4. The van der Waals surface area contributed by atoms with Crippen LogP contribution >= 0.6 is 0 Å². The van der Waals surface area contributed by atoms with Gasteiger partial charge in [0.25, 0.3) is 6.29 Å². The molecule has 0 saturated carbocycles. The van der Waals surface area contributed by atoms with Gasteiger partial charge in [0.15, 0.2) is 0 Å². The Labute approximate surface area is 95.9 Å². The third kappa shape index (κ3) is 5.34. The molecule has 0 heterocycles. The largest absolute Gasteiger partial charge is 0.421 e. The van der Waals surface area contributed by atoms with Crippen LogP contribution in [0.3, 0.4) is 0 Å². The topological polar surface area (TPSA) is 52.6 Å². The molecule has 0 atom stereocenters. The first-order valence-corrected chi connectivity index (χ1v) is 5.23. The Morgan fingerprint density at radius 2 is 1.62 bits per heavy atom. The van der Waals surface area contributed by atoms with Crippen molar-refractivity contribution in [3.05, 3.63) is 24.3 Å². The molecule has 0 fully saturated rings. The SMILES string of the molecule is C=C/C=C(\C)C(OC(=O)CC)OC(=O)CC. The van der Waals surface area contributed by atoms with Crippen LogP contribution in [-0.4, -0.2) is 18.2 Å². The zero-order chi connectivity index (χ0) is 12.6. The van der Waals surface area contributed by atoms with Gasteiger partial charge < -0.3 is 9.47 Å². The molecule has 0 aliphatic rings. The highest BCUT2D eigenvalue weighted by Gasteiger charge is 2.18. The van der Waals surface area contributed by atoms with Gasteiger partial charge in [0.1, 0.15) is 0 Å². The molecule has 0 unspecified atom stereocenters. The van der Waals surface area contributed by atoms with Crippen molar-refractivity contribution in [2.75, 3.05) is 0 Å². The molecule has 0 rings (SSSR count). The predicted molar refractivity (Wildman–Crippen MR) is 60.5 cm³/mol. The van der Waals surface area contributed by atoms with Crippen LogP contribution in [0.1, 0.15) is 33.6 Å². The molecule has 0 aliphatic carbocycles. The zero-order valence-corrected chi connectivity index (χ0v) is 9.99. The maximum Gasteiger partial charge on any atom is 0.308 e. The molecule has 4 heteroatoms. The van der Waals surface area contributed by atoms with E-state index in [1.807, 2.05) is 0 Å². The van der Waals surface area contributed by atoms with Crippen LogP contribution in [-0.2, 0) is 19.1 Å². The quantitative estimate of drug-likeness (QED) is 0.396. The molecule has 4 nitrogen and oxygen atoms in total. The van der Waals surface area contributed by atoms with Crippen LogP contribution in [0.2, 0.25) is 0 Å². The summed E-state index contributed by atoms with van der Waals surface area (Å²) in [5.74, 6) is -0.823. The monoisotopic (exact) mass is 226 g/mol. The minimum Gasteiger partial charge on any atom is -0.421 e. The highest BCUT2D eigenvalue weighted by molar-refractivity contribution is 5.71. The molecule has 0 aliphatic heterocycles. The van der Waals surface area contributed by atoms with Crippen molar-refractivity contribution in [2.24, 2.45) is 0 Å². The van der Waals surface area contributed by atoms with Crippen molar-refractivity contribution < 1.29 is 19.1 Å². The summed E-state index contributed by atoms with van der Waals surface area (Å²) in [6, 6.07) is 0. The number of carbonyl (C=O) groups is 2. The van der Waals surface area contributed by atoms with Gasteiger partial charge in [-0.05, 0) is 6.92 Å². The Morgan fingerprint density at radius 1 is 1.19 bits per heavy atom. The molecule has 0 bridgehead atoms. The third-order valence-electron chi connectivity index (χ3n) is 1.81. The van der Waals surface area contributed by atoms with E-state index in [2.05, 4.69) is 6.58 Å². The summed E-state index contributed by atoms with van der Waals surface area (Å²) in [5.41, 5.74) is 0.624. The van der Waals surface area contributed by atoms with Crippen molar-refractivity contribution in [3.8, 4) is 0 Å². The fourth-order valence-electron chi connectivity index (χ4n) is 0.880. The summed E-state index contributed by atoms with van der Waals surface area (Å²) in [4.78, 5) is 22.3. The number of hydrogen-bond acceptors (Lipinski definition) is 4. The number of rotatable bonds is 6. The average molecular weight is 226 g/mol. The van der Waals surface area contributed by atoms with Gasteiger partial charge in [-0.2, -0.15) is 0 Å². The summed E-state index contributed by atoms with van der Waals surface area (Å²) in [7, 11) is 0. The van der Waals surface area contributed by atoms with E-state index < -0.39 is 18.2 Å². The van der Waals surface area contributed by atoms with Gasteiger partial charge in [0.05, 0.1) is 0 Å². The number of esters is 2. The second-order valence-corrected chi connectivity index (χ2v) is 3.17. The van der Waals surface area contributed by atoms with Gasteiger partial charge in [-0.15, -0.1) is 0 Å². The van der Waals surface area contributed by atoms with Crippen molar-refractivity contribution in [1.82, 2.24) is 0 Å². The Bertz CT molecular complexity index is 273. The van der Waals surface area contributed by atoms with E-state index in [0.29, 0.717) is 5.57 Å². The first-order chi connectivity index (χ1) is 7.54. The summed E-state index contributed by atoms with van der Waals surface area (Å²) < 4.78 is 9.98. The van der Waals surface area contributed by atoms with Crippen molar-refractivity contribution >= 4 is 11.9 Å². The highest BCUT2D eigenvalue weighted by Crippen LogP contribution is 2.10. The van der Waals surface area contributed by atoms with E-state index in [0.717, 1.165) is 0 Å². The van der Waals surface area contributed by atoms with Crippen molar-refractivity contribution in [3.63, 3.8) is 0 Å². The van der Waals surface area contributed by atoms with Gasteiger partial charge in [0, 0.05) is 18.4 Å². The van der Waals surface area contributed by atoms with E-state index >= 15 is 0 Å². The predicted octanol–water partition coefficient (Wildman–Crippen LogP) is 2.35. The molecule has 0 saturated heterocycles. The number of hydrogen-bond donors (Lipinski definition) is 0. The smallest absolute Gasteiger partial charge is 0.308 e. The first-order valence-electron chi connectivity index (χ1n) is 5.23. The van der Waals surface area contributed by atoms with Gasteiger partial charge in [-0.25, -0.2) is 0 Å². The minimum absolute atomic E-state index is 0.238. The van der Waals surface area contributed by atoms with Gasteiger partial charge in [-0.1, -0.05) is 32.6 Å². The van der Waals surface area contributed by atoms with Crippen molar-refractivity contribution in [1.29, 1.82) is 0 Å². The molecule has 0 spiro atoms. The summed E-state index contributed by atoms with van der Waals surface area (Å²) in [5, 5.41) is 0. The molecular weight excluding hydrogens is 208 g/mol. The molecule has 90 valence electrons. The van der Waals surface area contributed by atoms with Gasteiger partial charge in [0.2, 0.25) is 0 Å². The lowest BCUT2D eigenvalue weighted by Gasteiger charge is -2.18. The Kier molecular flexibility index (Phi) is 6.92. The second kappa shape index (κ2) is 7.68. The zero-order valence-electron chi connectivity index (χ0n) is 9.99. The third-order valence-corrected chi connectivity index (χ3v) is 1.81. The van der Waals surface area contributed by atoms with E-state index in [1.165, 1.54) is 0 Å². The van der Waals surface area contributed by atoms with Gasteiger partial charge in [-0.3, -0.25) is 9.59 Å². The van der Waals surface area contributed by atoms with E-state index in [4.69, 9.17) is 9.47 Å². The van der Waals surface area contributed by atoms with Gasteiger partial charge >= 0.3 is 11.9 Å². The Balaban J connectivity index is 4.62. The van der Waals surface area contributed by atoms with E-state index in [1.54, 1.807) is 32.9 Å². The lowest BCUT2D eigenvalue weighted by atomic mass is 10.2. The summed E-state index contributed by atoms with van der Waals surface area (Å²) in [6.45, 7) is 8.58. The van der Waals surface area contributed by atoms with Crippen LogP contribution in [0.15, 0.2) is 24.3 Å². The van der Waals surface area contributed by atoms with E-state index in [9.17, 15) is 9.59 Å². The fourth-order valence-corrected chi connectivity index (χ4v) is 0.880. The molecular formula is C12H18O4. The normalized spacial score (nSPS) is 11.1. The standard InChI is InChI=1S/C12H18O4/c1-5-8-9(4)12(15-10(13)6-2)16-11(14)7-3/h5,8,12H,1,6-7H2,2-4H3/b9-8+. The molecule has 0 aromatic heterocycles. The molecule has 0 aromatic rings. The lowest BCUT2D eigenvalue weighted by molar-refractivity contribution is -0.180. The molecule has 0 N–H and O–H groups in total. The maximum absolute atomic E-state index is 11.1. The molecule has 0 radical (unpaired) electrons. The summed E-state index contributed by atoms with van der Waals surface area (Å²) in [6.07, 6.45) is 2.71. The van der Waals surface area contributed by atoms with Crippen LogP contribution in [0.5, 0.6) is 0 Å². The fraction of sp³-hybridized carbons (Fsp3) is 0.500. The minimum atomic E-state index is -0.946. The summed E-state index contributed by atoms with van der Waals surface area (Å²) >= 11 is 0. The maximum atomic E-state index is 11.1. The Morgan fingerprint density at radius 3 is 1.94 bits per heavy atom. The van der Waals surface area contributed by atoms with Crippen LogP contribution in [0, 0.1) is 0 Å². The average Bonchev–Trinajstić information content (AvgIpc) is 2.27. The van der Waals surface area contributed by atoms with Crippen LogP contribution in [0.4, 0.5) is 0 Å². The molecule has 0 amide bonds. The molecule has 16 heavy (non-hydrogen) atoms. The Hall–Kier alpha value is -1.58. The number of allylic oxidation sites excluding steroid dienone is 2. The lowest BCUT2D eigenvalue weighted by Crippen LogP contribution is -2.25. The number of carbonyl (C=O) groups excluding carboxylic acids is 2.